The summed E-state index contributed by atoms with van der Waals surface area (Å²) < 4.78 is 0. The van der Waals surface area contributed by atoms with E-state index in [9.17, 15) is 0 Å². The summed E-state index contributed by atoms with van der Waals surface area (Å²) in [6, 6.07) is 2.00. The van der Waals surface area contributed by atoms with Crippen LogP contribution in [-0.2, 0) is 0 Å². The summed E-state index contributed by atoms with van der Waals surface area (Å²) in [6.45, 7) is 5.23. The van der Waals surface area contributed by atoms with E-state index in [1.165, 1.54) is 0 Å². The second-order valence-corrected chi connectivity index (χ2v) is 3.61. The van der Waals surface area contributed by atoms with Crippen molar-refractivity contribution in [3.63, 3.8) is 0 Å². The Bertz CT molecular complexity index is 337. The van der Waals surface area contributed by atoms with Gasteiger partial charge in [-0.25, -0.2) is 4.98 Å². The minimum absolute atomic E-state index is 0.734. The van der Waals surface area contributed by atoms with Crippen LogP contribution in [0.4, 0.5) is 17.2 Å². The molecule has 0 amide bonds. The normalized spacial score (nSPS) is 15.6. The highest BCUT2D eigenvalue weighted by atomic mass is 15.3. The minimum Gasteiger partial charge on any atom is -0.397 e. The predicted octanol–water partition coefficient (Wildman–Crippen LogP) is 0.940. The molecule has 0 aromatic carbocycles. The molecule has 14 heavy (non-hydrogen) atoms. The minimum atomic E-state index is 0.734. The van der Waals surface area contributed by atoms with Gasteiger partial charge in [0.15, 0.2) is 5.82 Å². The highest BCUT2D eigenvalue weighted by molar-refractivity contribution is 5.72. The third-order valence-corrected chi connectivity index (χ3v) is 2.66. The second-order valence-electron chi connectivity index (χ2n) is 3.61. The van der Waals surface area contributed by atoms with E-state index in [4.69, 9.17) is 5.73 Å². The smallest absolute Gasteiger partial charge is 0.152 e. The molecule has 4 heteroatoms. The van der Waals surface area contributed by atoms with Crippen molar-refractivity contribution in [2.75, 3.05) is 42.2 Å². The van der Waals surface area contributed by atoms with Gasteiger partial charge in [0.05, 0.1) is 17.6 Å². The van der Waals surface area contributed by atoms with Crippen LogP contribution in [0.1, 0.15) is 6.92 Å². The van der Waals surface area contributed by atoms with Crippen LogP contribution in [-0.4, -0.2) is 31.7 Å². The molecule has 1 aromatic rings. The van der Waals surface area contributed by atoms with Crippen molar-refractivity contribution in [3.8, 4) is 0 Å². The SMILES string of the molecule is CCN1CCN(C)c2ncc(N)cc21. The topological polar surface area (TPSA) is 45.4 Å². The molecule has 0 radical (unpaired) electrons. The van der Waals surface area contributed by atoms with Crippen LogP contribution in [0.2, 0.25) is 0 Å². The molecule has 76 valence electrons. The number of likely N-dealkylation sites (N-methyl/N-ethyl adjacent to an activating group) is 2. The first-order valence-electron chi connectivity index (χ1n) is 4.94. The van der Waals surface area contributed by atoms with Gasteiger partial charge in [0.1, 0.15) is 0 Å². The van der Waals surface area contributed by atoms with Gasteiger partial charge in [0.25, 0.3) is 0 Å². The predicted molar refractivity (Wildman–Crippen MR) is 59.8 cm³/mol. The summed E-state index contributed by atoms with van der Waals surface area (Å²) >= 11 is 0. The van der Waals surface area contributed by atoms with E-state index in [-0.39, 0.29) is 0 Å². The van der Waals surface area contributed by atoms with Crippen LogP contribution in [0, 0.1) is 0 Å². The van der Waals surface area contributed by atoms with E-state index in [2.05, 4.69) is 28.8 Å². The fourth-order valence-corrected chi connectivity index (χ4v) is 1.81. The lowest BCUT2D eigenvalue weighted by Gasteiger charge is -2.35. The van der Waals surface area contributed by atoms with Crippen LogP contribution in [0.5, 0.6) is 0 Å². The van der Waals surface area contributed by atoms with E-state index >= 15 is 0 Å². The first-order chi connectivity index (χ1) is 6.72. The molecule has 2 N–H and O–H groups in total. The molecule has 0 aliphatic carbocycles. The largest absolute Gasteiger partial charge is 0.397 e. The number of nitrogen functional groups attached to an aromatic ring is 1. The Morgan fingerprint density at radius 1 is 1.50 bits per heavy atom. The molecule has 4 nitrogen and oxygen atoms in total. The first-order valence-corrected chi connectivity index (χ1v) is 4.94. The maximum atomic E-state index is 5.74. The Kier molecular flexibility index (Phi) is 2.19. The molecular weight excluding hydrogens is 176 g/mol. The molecule has 2 heterocycles. The van der Waals surface area contributed by atoms with Gasteiger partial charge in [-0.15, -0.1) is 0 Å². The van der Waals surface area contributed by atoms with Gasteiger partial charge in [0.2, 0.25) is 0 Å². The number of hydrogen-bond acceptors (Lipinski definition) is 4. The van der Waals surface area contributed by atoms with Gasteiger partial charge in [0, 0.05) is 26.7 Å². The molecule has 1 aromatic heterocycles. The van der Waals surface area contributed by atoms with Crippen LogP contribution >= 0.6 is 0 Å². The summed E-state index contributed by atoms with van der Waals surface area (Å²) in [4.78, 5) is 8.83. The van der Waals surface area contributed by atoms with Crippen molar-refractivity contribution in [2.24, 2.45) is 0 Å². The van der Waals surface area contributed by atoms with Gasteiger partial charge in [-0.2, -0.15) is 0 Å². The van der Waals surface area contributed by atoms with Gasteiger partial charge in [-0.1, -0.05) is 0 Å². The average Bonchev–Trinajstić information content (AvgIpc) is 2.18. The molecule has 1 aliphatic heterocycles. The Labute approximate surface area is 84.3 Å². The zero-order valence-electron chi connectivity index (χ0n) is 8.70. The van der Waals surface area contributed by atoms with Crippen LogP contribution < -0.4 is 15.5 Å². The lowest BCUT2D eigenvalue weighted by molar-refractivity contribution is 0.743. The highest BCUT2D eigenvalue weighted by Gasteiger charge is 2.20. The van der Waals surface area contributed by atoms with E-state index in [1.807, 2.05) is 6.07 Å². The number of nitrogens with two attached hydrogens (primary N) is 1. The Balaban J connectivity index is 2.46. The number of aromatic nitrogens is 1. The lowest BCUT2D eigenvalue weighted by Crippen LogP contribution is -2.39. The molecule has 2 rings (SSSR count). The molecule has 0 bridgehead atoms. The Morgan fingerprint density at radius 3 is 3.00 bits per heavy atom. The fraction of sp³-hybridized carbons (Fsp3) is 0.500. The first kappa shape index (κ1) is 9.12. The second kappa shape index (κ2) is 3.36. The number of fused-ring (bicyclic) bond motifs is 1. The molecular formula is C10H16N4. The molecule has 0 atom stereocenters. The van der Waals surface area contributed by atoms with E-state index in [0.717, 1.165) is 36.8 Å². The number of rotatable bonds is 1. The summed E-state index contributed by atoms with van der Waals surface area (Å²) in [6.07, 6.45) is 1.72. The van der Waals surface area contributed by atoms with Crippen LogP contribution in [0.15, 0.2) is 12.3 Å². The van der Waals surface area contributed by atoms with Crippen LogP contribution in [0.25, 0.3) is 0 Å². The standard InChI is InChI=1S/C10H16N4/c1-3-14-5-4-13(2)10-9(14)6-8(11)7-12-10/h6-7H,3-5,11H2,1-2H3. The quantitative estimate of drug-likeness (QED) is 0.719. The summed E-state index contributed by atoms with van der Waals surface area (Å²) in [5.74, 6) is 1.03. The Hall–Kier alpha value is -1.45. The number of anilines is 3. The monoisotopic (exact) mass is 192 g/mol. The third kappa shape index (κ3) is 1.36. The van der Waals surface area contributed by atoms with E-state index in [0.29, 0.717) is 0 Å². The van der Waals surface area contributed by atoms with E-state index < -0.39 is 0 Å². The molecule has 0 spiro atoms. The molecule has 0 saturated carbocycles. The maximum Gasteiger partial charge on any atom is 0.152 e. The van der Waals surface area contributed by atoms with Gasteiger partial charge >= 0.3 is 0 Å². The summed E-state index contributed by atoms with van der Waals surface area (Å²) in [5, 5.41) is 0. The molecule has 0 fully saturated rings. The zero-order chi connectivity index (χ0) is 10.1. The zero-order valence-corrected chi connectivity index (χ0v) is 8.70. The molecule has 1 aliphatic rings. The molecule has 0 saturated heterocycles. The Morgan fingerprint density at radius 2 is 2.29 bits per heavy atom. The maximum absolute atomic E-state index is 5.74. The van der Waals surface area contributed by atoms with Gasteiger partial charge < -0.3 is 15.5 Å². The summed E-state index contributed by atoms with van der Waals surface area (Å²) in [5.41, 5.74) is 7.62. The number of hydrogen-bond donors (Lipinski definition) is 1. The summed E-state index contributed by atoms with van der Waals surface area (Å²) in [7, 11) is 2.06. The van der Waals surface area contributed by atoms with Crippen molar-refractivity contribution >= 4 is 17.2 Å². The lowest BCUT2D eigenvalue weighted by atomic mass is 10.2. The van der Waals surface area contributed by atoms with Crippen molar-refractivity contribution in [2.45, 2.75) is 6.92 Å². The van der Waals surface area contributed by atoms with Crippen molar-refractivity contribution in [1.82, 2.24) is 4.98 Å². The van der Waals surface area contributed by atoms with Crippen molar-refractivity contribution < 1.29 is 0 Å². The number of nitrogens with zero attached hydrogens (tertiary/aromatic N) is 3. The number of pyridine rings is 1. The van der Waals surface area contributed by atoms with Gasteiger partial charge in [-0.05, 0) is 13.0 Å². The van der Waals surface area contributed by atoms with Gasteiger partial charge in [-0.3, -0.25) is 0 Å². The average molecular weight is 192 g/mol. The van der Waals surface area contributed by atoms with Crippen LogP contribution in [0.3, 0.4) is 0 Å². The molecule has 0 unspecified atom stereocenters. The van der Waals surface area contributed by atoms with E-state index in [1.54, 1.807) is 6.20 Å². The van der Waals surface area contributed by atoms with Crippen molar-refractivity contribution in [1.29, 1.82) is 0 Å². The van der Waals surface area contributed by atoms with Crippen molar-refractivity contribution in [3.05, 3.63) is 12.3 Å². The third-order valence-electron chi connectivity index (χ3n) is 2.66. The highest BCUT2D eigenvalue weighted by Crippen LogP contribution is 2.30. The fourth-order valence-electron chi connectivity index (χ4n) is 1.81.